The van der Waals surface area contributed by atoms with E-state index in [2.05, 4.69) is 32.6 Å². The van der Waals surface area contributed by atoms with Gasteiger partial charge in [-0.05, 0) is 64.9 Å². The van der Waals surface area contributed by atoms with E-state index in [4.69, 9.17) is 0 Å². The van der Waals surface area contributed by atoms with Gasteiger partial charge >= 0.3 is 6.36 Å². The summed E-state index contributed by atoms with van der Waals surface area (Å²) in [6.45, 7) is 2.44. The number of benzene rings is 2. The molecule has 2 aromatic rings. The summed E-state index contributed by atoms with van der Waals surface area (Å²) < 4.78 is 41.5. The summed E-state index contributed by atoms with van der Waals surface area (Å²) >= 11 is 2.24. The minimum atomic E-state index is -4.67. The molecule has 21 heavy (non-hydrogen) atoms. The molecule has 6 heteroatoms. The van der Waals surface area contributed by atoms with Gasteiger partial charge in [0.05, 0.1) is 0 Å². The van der Waals surface area contributed by atoms with Crippen LogP contribution in [0.3, 0.4) is 0 Å². The largest absolute Gasteiger partial charge is 0.573 e. The Balaban J connectivity index is 2.03. The van der Waals surface area contributed by atoms with E-state index in [0.29, 0.717) is 12.1 Å². The zero-order chi connectivity index (χ0) is 15.5. The van der Waals surface area contributed by atoms with Crippen molar-refractivity contribution in [3.05, 3.63) is 57.2 Å². The highest BCUT2D eigenvalue weighted by Gasteiger charge is 2.31. The summed E-state index contributed by atoms with van der Waals surface area (Å²) in [6.07, 6.45) is -4.67. The fourth-order valence-electron chi connectivity index (χ4n) is 1.76. The standard InChI is InChI=1S/C15H13F3INO/c1-10-5-6-12(8-14(10)19)20-9-11-3-2-4-13(7-11)21-15(16,17)18/h2-8,20H,9H2,1H3. The highest BCUT2D eigenvalue weighted by Crippen LogP contribution is 2.24. The van der Waals surface area contributed by atoms with Gasteiger partial charge in [0.25, 0.3) is 0 Å². The smallest absolute Gasteiger partial charge is 0.406 e. The van der Waals surface area contributed by atoms with Crippen LogP contribution in [0.25, 0.3) is 0 Å². The summed E-state index contributed by atoms with van der Waals surface area (Å²) in [7, 11) is 0. The molecule has 0 unspecified atom stereocenters. The van der Waals surface area contributed by atoms with Gasteiger partial charge in [-0.2, -0.15) is 0 Å². The Labute approximate surface area is 134 Å². The van der Waals surface area contributed by atoms with Crippen molar-refractivity contribution in [2.45, 2.75) is 19.8 Å². The van der Waals surface area contributed by atoms with E-state index in [1.165, 1.54) is 23.8 Å². The molecule has 0 bridgehead atoms. The van der Waals surface area contributed by atoms with Crippen molar-refractivity contribution in [1.29, 1.82) is 0 Å². The highest BCUT2D eigenvalue weighted by molar-refractivity contribution is 14.1. The van der Waals surface area contributed by atoms with E-state index < -0.39 is 6.36 Å². The summed E-state index contributed by atoms with van der Waals surface area (Å²) in [4.78, 5) is 0. The van der Waals surface area contributed by atoms with Gasteiger partial charge in [0.1, 0.15) is 5.75 Å². The van der Waals surface area contributed by atoms with Crippen LogP contribution in [-0.4, -0.2) is 6.36 Å². The SMILES string of the molecule is Cc1ccc(NCc2cccc(OC(F)(F)F)c2)cc1I. The lowest BCUT2D eigenvalue weighted by atomic mass is 10.2. The van der Waals surface area contributed by atoms with E-state index in [1.807, 2.05) is 25.1 Å². The second-order valence-electron chi connectivity index (χ2n) is 4.51. The lowest BCUT2D eigenvalue weighted by Crippen LogP contribution is -2.17. The normalized spacial score (nSPS) is 11.3. The van der Waals surface area contributed by atoms with Crippen LogP contribution < -0.4 is 10.1 Å². The third-order valence-electron chi connectivity index (χ3n) is 2.80. The van der Waals surface area contributed by atoms with Gasteiger partial charge in [-0.1, -0.05) is 18.2 Å². The van der Waals surface area contributed by atoms with Gasteiger partial charge in [-0.3, -0.25) is 0 Å². The van der Waals surface area contributed by atoms with Crippen LogP contribution in [-0.2, 0) is 6.54 Å². The summed E-state index contributed by atoms with van der Waals surface area (Å²) in [5, 5.41) is 3.18. The molecule has 0 atom stereocenters. The van der Waals surface area contributed by atoms with Crippen LogP contribution in [0.15, 0.2) is 42.5 Å². The topological polar surface area (TPSA) is 21.3 Å². The molecule has 112 valence electrons. The van der Waals surface area contributed by atoms with Crippen molar-refractivity contribution in [2.24, 2.45) is 0 Å². The molecule has 0 spiro atoms. The number of halogens is 4. The Morgan fingerprint density at radius 2 is 1.90 bits per heavy atom. The fourth-order valence-corrected chi connectivity index (χ4v) is 2.27. The Morgan fingerprint density at radius 1 is 1.14 bits per heavy atom. The number of alkyl halides is 3. The first-order valence-electron chi connectivity index (χ1n) is 6.18. The third-order valence-corrected chi connectivity index (χ3v) is 3.96. The molecule has 0 saturated carbocycles. The molecule has 1 N–H and O–H groups in total. The van der Waals surface area contributed by atoms with Gasteiger partial charge in [-0.15, -0.1) is 13.2 Å². The van der Waals surface area contributed by atoms with Crippen LogP contribution in [0.2, 0.25) is 0 Å². The molecule has 0 fully saturated rings. The van der Waals surface area contributed by atoms with E-state index in [9.17, 15) is 13.2 Å². The molecule has 0 amide bonds. The Kier molecular flexibility index (Phi) is 4.97. The zero-order valence-electron chi connectivity index (χ0n) is 11.2. The van der Waals surface area contributed by atoms with Crippen molar-refractivity contribution >= 4 is 28.3 Å². The van der Waals surface area contributed by atoms with Crippen molar-refractivity contribution < 1.29 is 17.9 Å². The zero-order valence-corrected chi connectivity index (χ0v) is 13.3. The number of nitrogens with one attached hydrogen (secondary N) is 1. The molecule has 0 aliphatic rings. The van der Waals surface area contributed by atoms with Crippen LogP contribution in [0.1, 0.15) is 11.1 Å². The molecule has 0 heterocycles. The fraction of sp³-hybridized carbons (Fsp3) is 0.200. The molecular weight excluding hydrogens is 394 g/mol. The Hall–Kier alpha value is -1.44. The average molecular weight is 407 g/mol. The molecule has 2 aromatic carbocycles. The van der Waals surface area contributed by atoms with Gasteiger partial charge in [0.2, 0.25) is 0 Å². The highest BCUT2D eigenvalue weighted by atomic mass is 127. The monoisotopic (exact) mass is 407 g/mol. The molecule has 2 nitrogen and oxygen atoms in total. The van der Waals surface area contributed by atoms with E-state index >= 15 is 0 Å². The molecular formula is C15H13F3INO. The minimum Gasteiger partial charge on any atom is -0.406 e. The van der Waals surface area contributed by atoms with Crippen molar-refractivity contribution in [3.8, 4) is 5.75 Å². The Bertz CT molecular complexity index is 629. The second kappa shape index (κ2) is 6.55. The van der Waals surface area contributed by atoms with Gasteiger partial charge < -0.3 is 10.1 Å². The van der Waals surface area contributed by atoms with E-state index in [1.54, 1.807) is 6.07 Å². The number of hydrogen-bond acceptors (Lipinski definition) is 2. The van der Waals surface area contributed by atoms with E-state index in [-0.39, 0.29) is 5.75 Å². The van der Waals surface area contributed by atoms with Crippen LogP contribution in [0, 0.1) is 10.5 Å². The molecule has 0 aliphatic heterocycles. The number of aryl methyl sites for hydroxylation is 1. The molecule has 2 rings (SSSR count). The van der Waals surface area contributed by atoms with Crippen molar-refractivity contribution in [3.63, 3.8) is 0 Å². The quantitative estimate of drug-likeness (QED) is 0.712. The van der Waals surface area contributed by atoms with Gasteiger partial charge in [0, 0.05) is 15.8 Å². The van der Waals surface area contributed by atoms with Gasteiger partial charge in [-0.25, -0.2) is 0 Å². The molecule has 0 saturated heterocycles. The predicted octanol–water partition coefficient (Wildman–Crippen LogP) is 5.11. The summed E-state index contributed by atoms with van der Waals surface area (Å²) in [5.74, 6) is -0.208. The lowest BCUT2D eigenvalue weighted by Gasteiger charge is -2.11. The maximum atomic E-state index is 12.2. The first-order chi connectivity index (χ1) is 9.83. The van der Waals surface area contributed by atoms with Crippen molar-refractivity contribution in [1.82, 2.24) is 0 Å². The van der Waals surface area contributed by atoms with Crippen molar-refractivity contribution in [2.75, 3.05) is 5.32 Å². The minimum absolute atomic E-state index is 0.208. The molecule has 0 radical (unpaired) electrons. The maximum Gasteiger partial charge on any atom is 0.573 e. The first kappa shape index (κ1) is 15.9. The molecule has 0 aromatic heterocycles. The maximum absolute atomic E-state index is 12.2. The van der Waals surface area contributed by atoms with Gasteiger partial charge in [0.15, 0.2) is 0 Å². The molecule has 0 aliphatic carbocycles. The lowest BCUT2D eigenvalue weighted by molar-refractivity contribution is -0.274. The predicted molar refractivity (Wildman–Crippen MR) is 84.3 cm³/mol. The first-order valence-corrected chi connectivity index (χ1v) is 7.26. The van der Waals surface area contributed by atoms with E-state index in [0.717, 1.165) is 9.26 Å². The second-order valence-corrected chi connectivity index (χ2v) is 5.67. The Morgan fingerprint density at radius 3 is 2.57 bits per heavy atom. The number of ether oxygens (including phenoxy) is 1. The number of rotatable bonds is 4. The van der Waals surface area contributed by atoms with Crippen LogP contribution in [0.5, 0.6) is 5.75 Å². The summed E-state index contributed by atoms with van der Waals surface area (Å²) in [5.41, 5.74) is 2.82. The van der Waals surface area contributed by atoms with Crippen LogP contribution >= 0.6 is 22.6 Å². The number of hydrogen-bond donors (Lipinski definition) is 1. The van der Waals surface area contributed by atoms with Crippen LogP contribution in [0.4, 0.5) is 18.9 Å². The summed E-state index contributed by atoms with van der Waals surface area (Å²) in [6, 6.07) is 11.9. The number of anilines is 1. The average Bonchev–Trinajstić information content (AvgIpc) is 2.39. The third kappa shape index (κ3) is 5.11.